The number of rotatable bonds is 4. The maximum absolute atomic E-state index is 5.98. The Kier molecular flexibility index (Phi) is 4.12. The van der Waals surface area contributed by atoms with E-state index in [-0.39, 0.29) is 0 Å². The highest BCUT2D eigenvalue weighted by Crippen LogP contribution is 2.17. The molecule has 2 heterocycles. The lowest BCUT2D eigenvalue weighted by molar-refractivity contribution is 0.134. The molecule has 1 aromatic rings. The van der Waals surface area contributed by atoms with Crippen LogP contribution in [0.25, 0.3) is 0 Å². The number of hydrogen-bond acceptors (Lipinski definition) is 4. The van der Waals surface area contributed by atoms with E-state index in [9.17, 15) is 0 Å². The first-order valence-corrected chi connectivity index (χ1v) is 6.57. The van der Waals surface area contributed by atoms with Crippen LogP contribution in [0.2, 0.25) is 0 Å². The number of aryl methyl sites for hydroxylation is 1. The Bertz CT molecular complexity index is 348. The summed E-state index contributed by atoms with van der Waals surface area (Å²) in [5.41, 5.74) is 5.98. The zero-order valence-corrected chi connectivity index (χ0v) is 10.8. The van der Waals surface area contributed by atoms with Gasteiger partial charge in [0.2, 0.25) is 0 Å². The SMILES string of the molecule is CCCn1ncnc1CN1CCC(N)CC1C. The van der Waals surface area contributed by atoms with Crippen molar-refractivity contribution in [2.75, 3.05) is 6.54 Å². The number of nitrogens with zero attached hydrogens (tertiary/aromatic N) is 4. The monoisotopic (exact) mass is 237 g/mol. The Morgan fingerprint density at radius 2 is 2.35 bits per heavy atom. The predicted molar refractivity (Wildman–Crippen MR) is 67.4 cm³/mol. The molecule has 0 aliphatic carbocycles. The fourth-order valence-corrected chi connectivity index (χ4v) is 2.48. The molecule has 1 aliphatic rings. The highest BCUT2D eigenvalue weighted by atomic mass is 15.3. The van der Waals surface area contributed by atoms with Gasteiger partial charge in [-0.05, 0) is 26.2 Å². The van der Waals surface area contributed by atoms with Gasteiger partial charge in [-0.1, -0.05) is 6.92 Å². The highest BCUT2D eigenvalue weighted by Gasteiger charge is 2.24. The minimum Gasteiger partial charge on any atom is -0.328 e. The predicted octanol–water partition coefficient (Wildman–Crippen LogP) is 1.000. The number of hydrogen-bond donors (Lipinski definition) is 1. The van der Waals surface area contributed by atoms with Crippen LogP contribution in [0.3, 0.4) is 0 Å². The topological polar surface area (TPSA) is 60.0 Å². The summed E-state index contributed by atoms with van der Waals surface area (Å²) in [6.07, 6.45) is 4.93. The van der Waals surface area contributed by atoms with E-state index in [0.29, 0.717) is 12.1 Å². The van der Waals surface area contributed by atoms with Crippen molar-refractivity contribution in [3.05, 3.63) is 12.2 Å². The fraction of sp³-hybridized carbons (Fsp3) is 0.833. The van der Waals surface area contributed by atoms with Crippen molar-refractivity contribution in [1.82, 2.24) is 19.7 Å². The molecule has 0 radical (unpaired) electrons. The molecule has 0 spiro atoms. The van der Waals surface area contributed by atoms with Crippen molar-refractivity contribution >= 4 is 0 Å². The fourth-order valence-electron chi connectivity index (χ4n) is 2.48. The van der Waals surface area contributed by atoms with Gasteiger partial charge in [0, 0.05) is 25.2 Å². The second kappa shape index (κ2) is 5.60. The van der Waals surface area contributed by atoms with Crippen LogP contribution in [0.1, 0.15) is 38.9 Å². The second-order valence-electron chi connectivity index (χ2n) is 5.00. The van der Waals surface area contributed by atoms with Gasteiger partial charge in [-0.3, -0.25) is 4.90 Å². The molecule has 5 nitrogen and oxygen atoms in total. The standard InChI is InChI=1S/C12H23N5/c1-3-5-17-12(14-9-15-17)8-16-6-4-11(13)7-10(16)2/h9-11H,3-8,13H2,1-2H3. The molecular weight excluding hydrogens is 214 g/mol. The van der Waals surface area contributed by atoms with Crippen LogP contribution in [-0.2, 0) is 13.1 Å². The van der Waals surface area contributed by atoms with E-state index in [1.807, 2.05) is 4.68 Å². The van der Waals surface area contributed by atoms with Crippen LogP contribution in [0.4, 0.5) is 0 Å². The molecule has 17 heavy (non-hydrogen) atoms. The van der Waals surface area contributed by atoms with E-state index >= 15 is 0 Å². The van der Waals surface area contributed by atoms with Gasteiger partial charge in [0.05, 0.1) is 6.54 Å². The molecular formula is C12H23N5. The average molecular weight is 237 g/mol. The zero-order chi connectivity index (χ0) is 12.3. The normalized spacial score (nSPS) is 26.3. The summed E-state index contributed by atoms with van der Waals surface area (Å²) in [6, 6.07) is 0.917. The molecule has 2 unspecified atom stereocenters. The van der Waals surface area contributed by atoms with Crippen molar-refractivity contribution in [3.8, 4) is 0 Å². The van der Waals surface area contributed by atoms with Crippen LogP contribution < -0.4 is 5.73 Å². The molecule has 0 saturated carbocycles. The largest absolute Gasteiger partial charge is 0.328 e. The van der Waals surface area contributed by atoms with Gasteiger partial charge in [-0.2, -0.15) is 5.10 Å². The Morgan fingerprint density at radius 1 is 1.53 bits per heavy atom. The number of likely N-dealkylation sites (tertiary alicyclic amines) is 1. The maximum Gasteiger partial charge on any atom is 0.141 e. The molecule has 5 heteroatoms. The third-order valence-electron chi connectivity index (χ3n) is 3.53. The van der Waals surface area contributed by atoms with Gasteiger partial charge < -0.3 is 5.73 Å². The Morgan fingerprint density at radius 3 is 3.06 bits per heavy atom. The van der Waals surface area contributed by atoms with Crippen LogP contribution >= 0.6 is 0 Å². The first kappa shape index (κ1) is 12.5. The summed E-state index contributed by atoms with van der Waals surface area (Å²) >= 11 is 0. The number of aromatic nitrogens is 3. The van der Waals surface area contributed by atoms with Gasteiger partial charge in [-0.25, -0.2) is 9.67 Å². The zero-order valence-electron chi connectivity index (χ0n) is 10.8. The van der Waals surface area contributed by atoms with Crippen molar-refractivity contribution in [3.63, 3.8) is 0 Å². The summed E-state index contributed by atoms with van der Waals surface area (Å²) in [5.74, 6) is 1.08. The van der Waals surface area contributed by atoms with Gasteiger partial charge in [0.1, 0.15) is 12.2 Å². The average Bonchev–Trinajstić information content (AvgIpc) is 2.71. The highest BCUT2D eigenvalue weighted by molar-refractivity contribution is 4.89. The van der Waals surface area contributed by atoms with Crippen molar-refractivity contribution in [2.45, 2.75) is 58.3 Å². The molecule has 0 bridgehead atoms. The van der Waals surface area contributed by atoms with Crippen LogP contribution in [0.5, 0.6) is 0 Å². The van der Waals surface area contributed by atoms with Crippen LogP contribution in [-0.4, -0.2) is 38.3 Å². The lowest BCUT2D eigenvalue weighted by Gasteiger charge is -2.35. The van der Waals surface area contributed by atoms with Gasteiger partial charge >= 0.3 is 0 Å². The van der Waals surface area contributed by atoms with Crippen LogP contribution in [0.15, 0.2) is 6.33 Å². The first-order chi connectivity index (χ1) is 8.20. The van der Waals surface area contributed by atoms with Crippen LogP contribution in [0, 0.1) is 0 Å². The van der Waals surface area contributed by atoms with E-state index in [4.69, 9.17) is 5.73 Å². The molecule has 96 valence electrons. The molecule has 1 aliphatic heterocycles. The Balaban J connectivity index is 1.97. The molecule has 1 aromatic heterocycles. The van der Waals surface area contributed by atoms with Gasteiger partial charge in [0.15, 0.2) is 0 Å². The third kappa shape index (κ3) is 3.04. The van der Waals surface area contributed by atoms with Gasteiger partial charge in [-0.15, -0.1) is 0 Å². The molecule has 2 atom stereocenters. The van der Waals surface area contributed by atoms with E-state index in [2.05, 4.69) is 28.8 Å². The minimum absolute atomic E-state index is 0.370. The smallest absolute Gasteiger partial charge is 0.141 e. The maximum atomic E-state index is 5.98. The summed E-state index contributed by atoms with van der Waals surface area (Å²) in [7, 11) is 0. The molecule has 0 aromatic carbocycles. The van der Waals surface area contributed by atoms with E-state index in [1.165, 1.54) is 0 Å². The molecule has 1 saturated heterocycles. The lowest BCUT2D eigenvalue weighted by atomic mass is 9.99. The number of nitrogens with two attached hydrogens (primary N) is 1. The number of piperidine rings is 1. The van der Waals surface area contributed by atoms with Gasteiger partial charge in [0.25, 0.3) is 0 Å². The van der Waals surface area contributed by atoms with Crippen molar-refractivity contribution < 1.29 is 0 Å². The summed E-state index contributed by atoms with van der Waals surface area (Å²) < 4.78 is 2.02. The summed E-state index contributed by atoms with van der Waals surface area (Å²) in [6.45, 7) is 7.33. The summed E-state index contributed by atoms with van der Waals surface area (Å²) in [5, 5.41) is 4.27. The third-order valence-corrected chi connectivity index (χ3v) is 3.53. The molecule has 0 amide bonds. The molecule has 2 N–H and O–H groups in total. The van der Waals surface area contributed by atoms with Crippen molar-refractivity contribution in [1.29, 1.82) is 0 Å². The van der Waals surface area contributed by atoms with E-state index < -0.39 is 0 Å². The minimum atomic E-state index is 0.370. The molecule has 1 fully saturated rings. The summed E-state index contributed by atoms with van der Waals surface area (Å²) in [4.78, 5) is 6.82. The first-order valence-electron chi connectivity index (χ1n) is 6.57. The molecule has 2 rings (SSSR count). The van der Waals surface area contributed by atoms with Crippen molar-refractivity contribution in [2.24, 2.45) is 5.73 Å². The second-order valence-corrected chi connectivity index (χ2v) is 5.00. The Labute approximate surface area is 103 Å². The Hall–Kier alpha value is -0.940. The van der Waals surface area contributed by atoms with E-state index in [0.717, 1.165) is 44.7 Å². The lowest BCUT2D eigenvalue weighted by Crippen LogP contribution is -2.45. The van der Waals surface area contributed by atoms with E-state index in [1.54, 1.807) is 6.33 Å². The quantitative estimate of drug-likeness (QED) is 0.848.